The van der Waals surface area contributed by atoms with Gasteiger partial charge in [0, 0.05) is 5.69 Å². The molecule has 1 atom stereocenters. The molecule has 1 unspecified atom stereocenters. The number of anilines is 1. The number of amides is 1. The maximum absolute atomic E-state index is 13.8. The number of carbonyl (C=O) groups excluding carboxylic acids is 1. The molecule has 4 aromatic rings. The Kier molecular flexibility index (Phi) is 5.81. The van der Waals surface area contributed by atoms with E-state index in [0.717, 1.165) is 16.7 Å². The highest BCUT2D eigenvalue weighted by Gasteiger charge is 2.43. The first kappa shape index (κ1) is 22.7. The lowest BCUT2D eigenvalue weighted by molar-refractivity contribution is 0.0971. The van der Waals surface area contributed by atoms with Crippen LogP contribution in [0.3, 0.4) is 0 Å². The lowest BCUT2D eigenvalue weighted by Gasteiger charge is -2.25. The minimum absolute atomic E-state index is 0.0754. The zero-order valence-corrected chi connectivity index (χ0v) is 20.3. The molecule has 35 heavy (non-hydrogen) atoms. The normalized spacial score (nSPS) is 14.9. The number of aryl methyl sites for hydroxylation is 2. The van der Waals surface area contributed by atoms with Gasteiger partial charge in [0.2, 0.25) is 5.76 Å². The summed E-state index contributed by atoms with van der Waals surface area (Å²) in [6.45, 7) is 8.81. The summed E-state index contributed by atoms with van der Waals surface area (Å²) in [5, 5.41) is 0.471. The summed E-state index contributed by atoms with van der Waals surface area (Å²) in [6.07, 6.45) is 0. The van der Waals surface area contributed by atoms with E-state index in [1.165, 1.54) is 0 Å². The SMILES string of the molecule is CCOc1ccc(N2C(=O)c3oc4cc(C)c(C)cc4c(=O)c3C2c2cccc(OCC)c2)cc1. The number of ether oxygens (including phenoxy) is 2. The number of hydrogen-bond donors (Lipinski definition) is 0. The molecule has 1 aliphatic rings. The highest BCUT2D eigenvalue weighted by molar-refractivity contribution is 6.10. The van der Waals surface area contributed by atoms with Gasteiger partial charge in [0.05, 0.1) is 30.2 Å². The van der Waals surface area contributed by atoms with Crippen molar-refractivity contribution in [2.75, 3.05) is 18.1 Å². The molecular weight excluding hydrogens is 442 g/mol. The Balaban J connectivity index is 1.75. The van der Waals surface area contributed by atoms with Crippen LogP contribution in [0.4, 0.5) is 5.69 Å². The van der Waals surface area contributed by atoms with Crippen molar-refractivity contribution >= 4 is 22.6 Å². The summed E-state index contributed by atoms with van der Waals surface area (Å²) in [7, 11) is 0. The van der Waals surface area contributed by atoms with Crippen LogP contribution in [0.2, 0.25) is 0 Å². The number of benzene rings is 3. The van der Waals surface area contributed by atoms with Gasteiger partial charge < -0.3 is 13.9 Å². The minimum Gasteiger partial charge on any atom is -0.494 e. The molecule has 6 nitrogen and oxygen atoms in total. The van der Waals surface area contributed by atoms with Crippen molar-refractivity contribution < 1.29 is 18.7 Å². The molecule has 0 N–H and O–H groups in total. The van der Waals surface area contributed by atoms with Crippen molar-refractivity contribution in [1.82, 2.24) is 0 Å². The number of rotatable bonds is 6. The number of carbonyl (C=O) groups is 1. The fourth-order valence-electron chi connectivity index (χ4n) is 4.62. The Labute approximate surface area is 203 Å². The monoisotopic (exact) mass is 469 g/mol. The standard InChI is InChI=1S/C29H27NO5/c1-5-33-21-12-10-20(11-13-21)30-26(19-8-7-9-22(16-19)34-6-2)25-27(31)23-14-17(3)18(4)15-24(23)35-28(25)29(30)32/h7-16,26H,5-6H2,1-4H3. The molecule has 6 heteroatoms. The van der Waals surface area contributed by atoms with Gasteiger partial charge in [-0.25, -0.2) is 0 Å². The summed E-state index contributed by atoms with van der Waals surface area (Å²) in [5.74, 6) is 1.11. The van der Waals surface area contributed by atoms with Gasteiger partial charge in [0.15, 0.2) is 5.43 Å². The predicted octanol–water partition coefficient (Wildman–Crippen LogP) is 5.96. The van der Waals surface area contributed by atoms with Crippen molar-refractivity contribution in [3.8, 4) is 11.5 Å². The fraction of sp³-hybridized carbons (Fsp3) is 0.241. The van der Waals surface area contributed by atoms with Gasteiger partial charge >= 0.3 is 0 Å². The van der Waals surface area contributed by atoms with Gasteiger partial charge in [-0.05, 0) is 92.9 Å². The maximum Gasteiger partial charge on any atom is 0.295 e. The minimum atomic E-state index is -0.655. The van der Waals surface area contributed by atoms with Crippen LogP contribution in [-0.2, 0) is 0 Å². The van der Waals surface area contributed by atoms with Crippen LogP contribution in [-0.4, -0.2) is 19.1 Å². The van der Waals surface area contributed by atoms with Crippen LogP contribution >= 0.6 is 0 Å². The van der Waals surface area contributed by atoms with Crippen molar-refractivity contribution in [2.24, 2.45) is 0 Å². The van der Waals surface area contributed by atoms with E-state index in [4.69, 9.17) is 13.9 Å². The quantitative estimate of drug-likeness (QED) is 0.349. The topological polar surface area (TPSA) is 69.0 Å². The summed E-state index contributed by atoms with van der Waals surface area (Å²) < 4.78 is 17.4. The van der Waals surface area contributed by atoms with E-state index >= 15 is 0 Å². The Bertz CT molecular complexity index is 1490. The lowest BCUT2D eigenvalue weighted by atomic mass is 9.97. The summed E-state index contributed by atoms with van der Waals surface area (Å²) in [5.41, 5.74) is 3.97. The Morgan fingerprint density at radius 2 is 1.54 bits per heavy atom. The van der Waals surface area contributed by atoms with Crippen molar-refractivity contribution in [1.29, 1.82) is 0 Å². The molecule has 1 amide bonds. The van der Waals surface area contributed by atoms with Crippen molar-refractivity contribution in [3.05, 3.63) is 98.9 Å². The third-order valence-electron chi connectivity index (χ3n) is 6.40. The molecular formula is C29H27NO5. The molecule has 0 saturated heterocycles. The van der Waals surface area contributed by atoms with E-state index in [1.807, 2.05) is 88.4 Å². The largest absolute Gasteiger partial charge is 0.494 e. The average molecular weight is 470 g/mol. The third kappa shape index (κ3) is 3.85. The van der Waals surface area contributed by atoms with Crippen LogP contribution in [0.15, 0.2) is 69.9 Å². The second-order valence-corrected chi connectivity index (χ2v) is 8.62. The van der Waals surface area contributed by atoms with Gasteiger partial charge in [-0.3, -0.25) is 14.5 Å². The van der Waals surface area contributed by atoms with Crippen LogP contribution in [0.5, 0.6) is 11.5 Å². The second-order valence-electron chi connectivity index (χ2n) is 8.62. The maximum atomic E-state index is 13.8. The molecule has 0 aliphatic carbocycles. The van der Waals surface area contributed by atoms with Crippen molar-refractivity contribution in [3.63, 3.8) is 0 Å². The fourth-order valence-corrected chi connectivity index (χ4v) is 4.62. The van der Waals surface area contributed by atoms with E-state index < -0.39 is 6.04 Å². The zero-order valence-electron chi connectivity index (χ0n) is 20.3. The van der Waals surface area contributed by atoms with E-state index in [2.05, 4.69) is 0 Å². The molecule has 0 bridgehead atoms. The zero-order chi connectivity index (χ0) is 24.7. The number of fused-ring (bicyclic) bond motifs is 2. The molecule has 5 rings (SSSR count). The molecule has 0 spiro atoms. The Hall–Kier alpha value is -4.06. The van der Waals surface area contributed by atoms with Gasteiger partial charge in [-0.2, -0.15) is 0 Å². The number of hydrogen-bond acceptors (Lipinski definition) is 5. The van der Waals surface area contributed by atoms with Gasteiger partial charge in [-0.1, -0.05) is 12.1 Å². The van der Waals surface area contributed by atoms with Crippen molar-refractivity contribution in [2.45, 2.75) is 33.7 Å². The summed E-state index contributed by atoms with van der Waals surface area (Å²) in [4.78, 5) is 29.3. The molecule has 178 valence electrons. The smallest absolute Gasteiger partial charge is 0.295 e. The summed E-state index contributed by atoms with van der Waals surface area (Å²) in [6, 6.07) is 17.8. The van der Waals surface area contributed by atoms with Crippen LogP contribution < -0.4 is 19.8 Å². The van der Waals surface area contributed by atoms with Crippen LogP contribution in [0.25, 0.3) is 11.0 Å². The second kappa shape index (κ2) is 8.95. The van der Waals surface area contributed by atoms with Gasteiger partial charge in [-0.15, -0.1) is 0 Å². The molecule has 1 aromatic heterocycles. The third-order valence-corrected chi connectivity index (χ3v) is 6.40. The van der Waals surface area contributed by atoms with E-state index in [-0.39, 0.29) is 17.1 Å². The Morgan fingerprint density at radius 1 is 0.857 bits per heavy atom. The molecule has 3 aromatic carbocycles. The van der Waals surface area contributed by atoms with Gasteiger partial charge in [0.1, 0.15) is 17.1 Å². The van der Waals surface area contributed by atoms with Crippen LogP contribution in [0, 0.1) is 13.8 Å². The first-order chi connectivity index (χ1) is 16.9. The van der Waals surface area contributed by atoms with Gasteiger partial charge in [0.25, 0.3) is 5.91 Å². The first-order valence-electron chi connectivity index (χ1n) is 11.8. The van der Waals surface area contributed by atoms with E-state index in [9.17, 15) is 9.59 Å². The highest BCUT2D eigenvalue weighted by Crippen LogP contribution is 2.42. The Morgan fingerprint density at radius 3 is 2.26 bits per heavy atom. The number of nitrogens with zero attached hydrogens (tertiary/aromatic N) is 1. The van der Waals surface area contributed by atoms with E-state index in [0.29, 0.717) is 46.9 Å². The first-order valence-corrected chi connectivity index (χ1v) is 11.8. The molecule has 0 fully saturated rings. The highest BCUT2D eigenvalue weighted by atomic mass is 16.5. The molecule has 1 aliphatic heterocycles. The average Bonchev–Trinajstić information content (AvgIpc) is 3.14. The molecule has 0 saturated carbocycles. The molecule has 2 heterocycles. The molecule has 0 radical (unpaired) electrons. The predicted molar refractivity (Wildman–Crippen MR) is 136 cm³/mol. The summed E-state index contributed by atoms with van der Waals surface area (Å²) >= 11 is 0. The van der Waals surface area contributed by atoms with Crippen LogP contribution in [0.1, 0.15) is 52.7 Å². The lowest BCUT2D eigenvalue weighted by Crippen LogP contribution is -2.29. The van der Waals surface area contributed by atoms with E-state index in [1.54, 1.807) is 4.90 Å².